The van der Waals surface area contributed by atoms with Crippen LogP contribution in [0.5, 0.6) is 0 Å². The summed E-state index contributed by atoms with van der Waals surface area (Å²) < 4.78 is 0. The molecule has 0 saturated heterocycles. The molecule has 0 bridgehead atoms. The Kier molecular flexibility index (Phi) is 4.49. The first-order valence-corrected chi connectivity index (χ1v) is 6.58. The van der Waals surface area contributed by atoms with Crippen molar-refractivity contribution in [2.45, 2.75) is 16.6 Å². The van der Waals surface area contributed by atoms with Crippen molar-refractivity contribution in [1.82, 2.24) is 0 Å². The molecular weight excluding hydrogens is 294 g/mol. The van der Waals surface area contributed by atoms with Gasteiger partial charge in [0.1, 0.15) is 5.78 Å². The monoisotopic (exact) mass is 303 g/mol. The molecule has 0 N–H and O–H groups in total. The maximum absolute atomic E-state index is 11.3. The molecule has 0 aliphatic heterocycles. The number of Topliss-reactive ketones (excluding diaryl/α,β-unsaturated/α-hetero) is 1. The molecule has 6 heteroatoms. The lowest BCUT2D eigenvalue weighted by Crippen LogP contribution is -2.03. The van der Waals surface area contributed by atoms with Gasteiger partial charge in [-0.15, -0.1) is 11.8 Å². The maximum Gasteiger partial charge on any atom is 0.269 e. The smallest absolute Gasteiger partial charge is 0.269 e. The molecule has 86 valence electrons. The van der Waals surface area contributed by atoms with Crippen molar-refractivity contribution >= 4 is 39.2 Å². The van der Waals surface area contributed by atoms with Crippen LogP contribution >= 0.6 is 27.7 Å². The van der Waals surface area contributed by atoms with Crippen molar-refractivity contribution in [2.75, 3.05) is 6.26 Å². The van der Waals surface area contributed by atoms with E-state index < -0.39 is 9.75 Å². The number of rotatable bonds is 4. The van der Waals surface area contributed by atoms with Gasteiger partial charge < -0.3 is 0 Å². The number of carbonyl (C=O) groups excluding carboxylic acids is 1. The highest BCUT2D eigenvalue weighted by molar-refractivity contribution is 9.09. The fraction of sp³-hybridized carbons (Fsp3) is 0.300. The van der Waals surface area contributed by atoms with Crippen LogP contribution in [0, 0.1) is 10.1 Å². The average molecular weight is 304 g/mol. The lowest BCUT2D eigenvalue weighted by atomic mass is 10.1. The Morgan fingerprint density at radius 1 is 1.56 bits per heavy atom. The van der Waals surface area contributed by atoms with Gasteiger partial charge in [0.25, 0.3) is 5.69 Å². The van der Waals surface area contributed by atoms with Gasteiger partial charge >= 0.3 is 0 Å². The Morgan fingerprint density at radius 3 is 2.62 bits per heavy atom. The van der Waals surface area contributed by atoms with Crippen LogP contribution in [0.4, 0.5) is 5.69 Å². The third-order valence-corrected chi connectivity index (χ3v) is 4.00. The van der Waals surface area contributed by atoms with Crippen LogP contribution in [-0.2, 0) is 4.79 Å². The molecule has 1 aromatic carbocycles. The number of halogens is 1. The zero-order valence-electron chi connectivity index (χ0n) is 8.77. The first-order valence-electron chi connectivity index (χ1n) is 4.44. The van der Waals surface area contributed by atoms with Gasteiger partial charge in [0.15, 0.2) is 0 Å². The third kappa shape index (κ3) is 2.82. The predicted molar refractivity (Wildman–Crippen MR) is 67.2 cm³/mol. The minimum Gasteiger partial charge on any atom is -0.298 e. The summed E-state index contributed by atoms with van der Waals surface area (Å²) in [5, 5.41) is 10.6. The summed E-state index contributed by atoms with van der Waals surface area (Å²) in [6.45, 7) is 1.45. The Morgan fingerprint density at radius 2 is 2.19 bits per heavy atom. The summed E-state index contributed by atoms with van der Waals surface area (Å²) in [6, 6.07) is 4.54. The van der Waals surface area contributed by atoms with Crippen molar-refractivity contribution in [1.29, 1.82) is 0 Å². The first-order chi connectivity index (χ1) is 7.47. The number of nitrogens with zero attached hydrogens (tertiary/aromatic N) is 1. The molecule has 0 aliphatic carbocycles. The largest absolute Gasteiger partial charge is 0.298 e. The molecule has 16 heavy (non-hydrogen) atoms. The molecule has 0 radical (unpaired) electrons. The number of nitro benzene ring substituents is 1. The number of alkyl halides is 1. The topological polar surface area (TPSA) is 60.2 Å². The Bertz CT molecular complexity index is 436. The average Bonchev–Trinajstić information content (AvgIpc) is 2.26. The molecule has 1 atom stereocenters. The highest BCUT2D eigenvalue weighted by Gasteiger charge is 2.19. The maximum atomic E-state index is 11.3. The number of carbonyl (C=O) groups is 1. The first kappa shape index (κ1) is 13.2. The molecule has 0 saturated carbocycles. The summed E-state index contributed by atoms with van der Waals surface area (Å²) in [7, 11) is 0. The standard InChI is InChI=1S/C10H10BrNO3S/c1-6(13)10(11)8-5-7(12(14)15)3-4-9(8)16-2/h3-5,10H,1-2H3. The Hall–Kier alpha value is -0.880. The van der Waals surface area contributed by atoms with Gasteiger partial charge in [-0.3, -0.25) is 14.9 Å². The van der Waals surface area contributed by atoms with Gasteiger partial charge in [0.2, 0.25) is 0 Å². The zero-order chi connectivity index (χ0) is 12.3. The molecule has 0 amide bonds. The minimum absolute atomic E-state index is 0.00139. The van der Waals surface area contributed by atoms with E-state index in [0.717, 1.165) is 4.90 Å². The van der Waals surface area contributed by atoms with Crippen molar-refractivity contribution in [3.63, 3.8) is 0 Å². The number of thioether (sulfide) groups is 1. The predicted octanol–water partition coefficient (Wildman–Crippen LogP) is 3.34. The minimum atomic E-state index is -0.491. The van der Waals surface area contributed by atoms with Gasteiger partial charge in [0, 0.05) is 17.0 Å². The summed E-state index contributed by atoms with van der Waals surface area (Å²) in [5.74, 6) is -0.0733. The summed E-state index contributed by atoms with van der Waals surface area (Å²) in [5.41, 5.74) is 0.646. The van der Waals surface area contributed by atoms with Crippen LogP contribution in [0.2, 0.25) is 0 Å². The van der Waals surface area contributed by atoms with E-state index in [4.69, 9.17) is 0 Å². The summed E-state index contributed by atoms with van der Waals surface area (Å²) >= 11 is 4.70. The molecule has 1 unspecified atom stereocenters. The quantitative estimate of drug-likeness (QED) is 0.370. The van der Waals surface area contributed by atoms with E-state index in [9.17, 15) is 14.9 Å². The second-order valence-electron chi connectivity index (χ2n) is 3.16. The van der Waals surface area contributed by atoms with Crippen LogP contribution in [-0.4, -0.2) is 17.0 Å². The molecule has 1 aromatic rings. The van der Waals surface area contributed by atoms with Crippen LogP contribution in [0.15, 0.2) is 23.1 Å². The number of nitro groups is 1. The number of hydrogen-bond donors (Lipinski definition) is 0. The lowest BCUT2D eigenvalue weighted by molar-refractivity contribution is -0.385. The van der Waals surface area contributed by atoms with E-state index in [2.05, 4.69) is 15.9 Å². The van der Waals surface area contributed by atoms with Gasteiger partial charge in [-0.25, -0.2) is 0 Å². The molecule has 1 rings (SSSR count). The van der Waals surface area contributed by atoms with Gasteiger partial charge in [0.05, 0.1) is 9.75 Å². The zero-order valence-corrected chi connectivity index (χ0v) is 11.2. The Labute approximate surface area is 106 Å². The number of benzene rings is 1. The van der Waals surface area contributed by atoms with Crippen LogP contribution in [0.3, 0.4) is 0 Å². The molecule has 4 nitrogen and oxygen atoms in total. The molecule has 0 aromatic heterocycles. The summed E-state index contributed by atoms with van der Waals surface area (Å²) in [6.07, 6.45) is 1.87. The molecule has 0 fully saturated rings. The van der Waals surface area contributed by atoms with Crippen molar-refractivity contribution in [3.8, 4) is 0 Å². The molecule has 0 heterocycles. The van der Waals surface area contributed by atoms with E-state index in [1.807, 2.05) is 6.26 Å². The van der Waals surface area contributed by atoms with Crippen molar-refractivity contribution < 1.29 is 9.72 Å². The van der Waals surface area contributed by atoms with E-state index in [-0.39, 0.29) is 11.5 Å². The Balaban J connectivity index is 3.27. The number of non-ortho nitro benzene ring substituents is 1. The van der Waals surface area contributed by atoms with Gasteiger partial charge in [-0.05, 0) is 24.8 Å². The van der Waals surface area contributed by atoms with E-state index in [1.54, 1.807) is 6.07 Å². The molecular formula is C10H10BrNO3S. The summed E-state index contributed by atoms with van der Waals surface area (Å²) in [4.78, 5) is 21.8. The van der Waals surface area contributed by atoms with E-state index in [1.165, 1.54) is 30.8 Å². The van der Waals surface area contributed by atoms with Gasteiger partial charge in [-0.1, -0.05) is 15.9 Å². The van der Waals surface area contributed by atoms with Crippen molar-refractivity contribution in [3.05, 3.63) is 33.9 Å². The van der Waals surface area contributed by atoms with Crippen LogP contribution in [0.1, 0.15) is 17.3 Å². The SMILES string of the molecule is CSc1ccc([N+](=O)[O-])cc1C(Br)C(C)=O. The second-order valence-corrected chi connectivity index (χ2v) is 4.92. The fourth-order valence-electron chi connectivity index (χ4n) is 1.25. The van der Waals surface area contributed by atoms with Crippen LogP contribution in [0.25, 0.3) is 0 Å². The van der Waals surface area contributed by atoms with E-state index >= 15 is 0 Å². The highest BCUT2D eigenvalue weighted by Crippen LogP contribution is 2.34. The van der Waals surface area contributed by atoms with Crippen LogP contribution < -0.4 is 0 Å². The van der Waals surface area contributed by atoms with E-state index in [0.29, 0.717) is 5.56 Å². The van der Waals surface area contributed by atoms with Crippen molar-refractivity contribution in [2.24, 2.45) is 0 Å². The van der Waals surface area contributed by atoms with Gasteiger partial charge in [-0.2, -0.15) is 0 Å². The highest BCUT2D eigenvalue weighted by atomic mass is 79.9. The number of hydrogen-bond acceptors (Lipinski definition) is 4. The second kappa shape index (κ2) is 5.45. The molecule has 0 spiro atoms. The normalized spacial score (nSPS) is 12.2. The third-order valence-electron chi connectivity index (χ3n) is 2.05. The number of ketones is 1. The fourth-order valence-corrected chi connectivity index (χ4v) is 2.40. The molecule has 0 aliphatic rings. The lowest BCUT2D eigenvalue weighted by Gasteiger charge is -2.10.